The Bertz CT molecular complexity index is 1430. The summed E-state index contributed by atoms with van der Waals surface area (Å²) in [5.41, 5.74) is 3.89. The van der Waals surface area contributed by atoms with Crippen LogP contribution in [0.15, 0.2) is 43.0 Å². The number of carbonyl (C=O) groups is 1. The van der Waals surface area contributed by atoms with Crippen LogP contribution in [-0.4, -0.2) is 61.4 Å². The number of pyridine rings is 1. The van der Waals surface area contributed by atoms with E-state index in [0.717, 1.165) is 24.8 Å². The van der Waals surface area contributed by atoms with Crippen molar-refractivity contribution < 1.29 is 9.18 Å². The van der Waals surface area contributed by atoms with E-state index in [-0.39, 0.29) is 11.6 Å². The molecular formula is C26H28FN7O. The summed E-state index contributed by atoms with van der Waals surface area (Å²) in [6.45, 7) is 8.18. The SMILES string of the molecule is Cc1cn2cc(NC(=O)c3ccc(N4C[C@H](C)N(C5CC5)[C@@H](C)C4)c4nccnc34)cc(F)c2n1. The molecule has 1 aliphatic heterocycles. The molecule has 3 aromatic heterocycles. The summed E-state index contributed by atoms with van der Waals surface area (Å²) < 4.78 is 16.1. The minimum absolute atomic E-state index is 0.228. The highest BCUT2D eigenvalue weighted by Crippen LogP contribution is 2.35. The first kappa shape index (κ1) is 21.9. The van der Waals surface area contributed by atoms with E-state index in [1.54, 1.807) is 42.2 Å². The van der Waals surface area contributed by atoms with Gasteiger partial charge in [-0.15, -0.1) is 0 Å². The molecule has 2 atom stereocenters. The number of nitrogens with one attached hydrogen (secondary N) is 1. The van der Waals surface area contributed by atoms with Gasteiger partial charge in [0.15, 0.2) is 11.5 Å². The van der Waals surface area contributed by atoms with E-state index in [1.807, 2.05) is 6.07 Å². The monoisotopic (exact) mass is 473 g/mol. The van der Waals surface area contributed by atoms with Crippen molar-refractivity contribution in [3.8, 4) is 0 Å². The van der Waals surface area contributed by atoms with Crippen LogP contribution in [0.2, 0.25) is 0 Å². The Kier molecular flexibility index (Phi) is 5.17. The number of benzene rings is 1. The maximum atomic E-state index is 14.5. The molecule has 8 nitrogen and oxygen atoms in total. The fraction of sp³-hybridized carbons (Fsp3) is 0.385. The van der Waals surface area contributed by atoms with Crippen LogP contribution < -0.4 is 10.2 Å². The second kappa shape index (κ2) is 8.27. The molecule has 35 heavy (non-hydrogen) atoms. The molecule has 1 N–H and O–H groups in total. The Morgan fingerprint density at radius 3 is 2.49 bits per heavy atom. The van der Waals surface area contributed by atoms with Crippen molar-refractivity contribution in [2.24, 2.45) is 0 Å². The standard InChI is InChI=1S/C26H28FN7O/c1-15-11-33-14-18(10-21(27)25(33)30-15)31-26(35)20-6-7-22(24-23(20)28-8-9-29-24)32-12-16(2)34(17(3)13-32)19-4-5-19/h6-11,14,16-17,19H,4-5,12-13H2,1-3H3,(H,31,35)/t16-,17-/m0/s1. The van der Waals surface area contributed by atoms with Crippen molar-refractivity contribution >= 4 is 34.0 Å². The van der Waals surface area contributed by atoms with Crippen LogP contribution in [0.3, 0.4) is 0 Å². The number of aryl methyl sites for hydroxylation is 1. The maximum absolute atomic E-state index is 14.5. The van der Waals surface area contributed by atoms with Crippen molar-refractivity contribution in [1.29, 1.82) is 0 Å². The van der Waals surface area contributed by atoms with Crippen molar-refractivity contribution in [2.75, 3.05) is 23.3 Å². The molecule has 6 rings (SSSR count). The summed E-state index contributed by atoms with van der Waals surface area (Å²) in [5.74, 6) is -0.859. The first-order chi connectivity index (χ1) is 16.9. The van der Waals surface area contributed by atoms with Crippen LogP contribution in [0, 0.1) is 12.7 Å². The average Bonchev–Trinajstić information content (AvgIpc) is 3.58. The number of aromatic nitrogens is 4. The smallest absolute Gasteiger partial charge is 0.257 e. The van der Waals surface area contributed by atoms with Gasteiger partial charge in [0.2, 0.25) is 0 Å². The summed E-state index contributed by atoms with van der Waals surface area (Å²) in [4.78, 5) is 31.5. The van der Waals surface area contributed by atoms with E-state index in [1.165, 1.54) is 18.9 Å². The Balaban J connectivity index is 1.31. The van der Waals surface area contributed by atoms with Crippen LogP contribution >= 0.6 is 0 Å². The molecule has 0 bridgehead atoms. The summed E-state index contributed by atoms with van der Waals surface area (Å²) in [6, 6.07) is 6.64. The first-order valence-corrected chi connectivity index (χ1v) is 12.1. The molecule has 0 unspecified atom stereocenters. The van der Waals surface area contributed by atoms with Gasteiger partial charge in [0.05, 0.1) is 22.6 Å². The predicted octanol–water partition coefficient (Wildman–Crippen LogP) is 4.04. The van der Waals surface area contributed by atoms with E-state index >= 15 is 0 Å². The zero-order valence-corrected chi connectivity index (χ0v) is 20.1. The average molecular weight is 474 g/mol. The second-order valence-electron chi connectivity index (χ2n) is 9.81. The van der Waals surface area contributed by atoms with Gasteiger partial charge in [0.1, 0.15) is 11.0 Å². The highest BCUT2D eigenvalue weighted by molar-refractivity contribution is 6.13. The normalized spacial score (nSPS) is 21.1. The van der Waals surface area contributed by atoms with Crippen LogP contribution in [0.25, 0.3) is 16.7 Å². The van der Waals surface area contributed by atoms with Gasteiger partial charge in [-0.2, -0.15) is 0 Å². The van der Waals surface area contributed by atoms with Gasteiger partial charge in [-0.1, -0.05) is 0 Å². The minimum atomic E-state index is -0.496. The topological polar surface area (TPSA) is 78.7 Å². The van der Waals surface area contributed by atoms with E-state index in [4.69, 9.17) is 0 Å². The molecule has 1 aliphatic carbocycles. The van der Waals surface area contributed by atoms with E-state index in [0.29, 0.717) is 40.1 Å². The Hall–Kier alpha value is -3.59. The molecule has 2 fully saturated rings. The number of nitrogens with zero attached hydrogens (tertiary/aromatic N) is 6. The third-order valence-electron chi connectivity index (χ3n) is 7.03. The fourth-order valence-corrected chi connectivity index (χ4v) is 5.55. The number of halogens is 1. The number of amides is 1. The highest BCUT2D eigenvalue weighted by Gasteiger charge is 2.39. The van der Waals surface area contributed by atoms with Gasteiger partial charge in [-0.05, 0) is 45.7 Å². The summed E-state index contributed by atoms with van der Waals surface area (Å²) in [7, 11) is 0. The number of hydrogen-bond acceptors (Lipinski definition) is 6. The van der Waals surface area contributed by atoms with Crippen LogP contribution in [0.4, 0.5) is 15.8 Å². The number of piperazine rings is 1. The summed E-state index contributed by atoms with van der Waals surface area (Å²) >= 11 is 0. The molecule has 0 radical (unpaired) electrons. The quantitative estimate of drug-likeness (QED) is 0.482. The summed E-state index contributed by atoms with van der Waals surface area (Å²) in [5, 5.41) is 2.82. The van der Waals surface area contributed by atoms with E-state index < -0.39 is 5.82 Å². The van der Waals surface area contributed by atoms with Crippen molar-refractivity contribution in [1.82, 2.24) is 24.3 Å². The number of anilines is 2. The van der Waals surface area contributed by atoms with Gasteiger partial charge >= 0.3 is 0 Å². The number of carbonyl (C=O) groups excluding carboxylic acids is 1. The third kappa shape index (κ3) is 3.89. The van der Waals surface area contributed by atoms with Crippen molar-refractivity contribution in [3.63, 3.8) is 0 Å². The van der Waals surface area contributed by atoms with E-state index in [9.17, 15) is 9.18 Å². The first-order valence-electron chi connectivity index (χ1n) is 12.1. The molecule has 0 spiro atoms. The largest absolute Gasteiger partial charge is 0.367 e. The zero-order chi connectivity index (χ0) is 24.3. The molecule has 1 saturated heterocycles. The molecule has 1 aromatic carbocycles. The van der Waals surface area contributed by atoms with Crippen molar-refractivity contribution in [3.05, 3.63) is 60.1 Å². The lowest BCUT2D eigenvalue weighted by molar-refractivity contribution is 0.102. The van der Waals surface area contributed by atoms with Crippen LogP contribution in [0.1, 0.15) is 42.7 Å². The number of hydrogen-bond donors (Lipinski definition) is 1. The van der Waals surface area contributed by atoms with Gasteiger partial charge in [-0.3, -0.25) is 19.7 Å². The lowest BCUT2D eigenvalue weighted by Gasteiger charge is -2.45. The molecule has 180 valence electrons. The van der Waals surface area contributed by atoms with E-state index in [2.05, 4.69) is 43.9 Å². The molecule has 4 heterocycles. The Morgan fingerprint density at radius 1 is 1.06 bits per heavy atom. The van der Waals surface area contributed by atoms with Gasteiger partial charge < -0.3 is 14.6 Å². The second-order valence-corrected chi connectivity index (χ2v) is 9.81. The van der Waals surface area contributed by atoms with Crippen molar-refractivity contribution in [2.45, 2.75) is 51.7 Å². The van der Waals surface area contributed by atoms with Gasteiger partial charge in [0.25, 0.3) is 5.91 Å². The minimum Gasteiger partial charge on any atom is -0.367 e. The van der Waals surface area contributed by atoms with Gasteiger partial charge in [-0.25, -0.2) is 9.37 Å². The zero-order valence-electron chi connectivity index (χ0n) is 20.1. The van der Waals surface area contributed by atoms with Crippen LogP contribution in [-0.2, 0) is 0 Å². The molecular weight excluding hydrogens is 445 g/mol. The number of rotatable bonds is 4. The Morgan fingerprint density at radius 2 is 1.77 bits per heavy atom. The summed E-state index contributed by atoms with van der Waals surface area (Å²) in [6.07, 6.45) is 9.22. The number of imidazole rings is 1. The Labute approximate surface area is 202 Å². The molecule has 2 aliphatic rings. The lowest BCUT2D eigenvalue weighted by atomic mass is 10.0. The highest BCUT2D eigenvalue weighted by atomic mass is 19.1. The fourth-order valence-electron chi connectivity index (χ4n) is 5.55. The predicted molar refractivity (Wildman–Crippen MR) is 133 cm³/mol. The molecule has 9 heteroatoms. The molecule has 1 saturated carbocycles. The van der Waals surface area contributed by atoms with Crippen LogP contribution in [0.5, 0.6) is 0 Å². The number of fused-ring (bicyclic) bond motifs is 2. The third-order valence-corrected chi connectivity index (χ3v) is 7.03. The lowest BCUT2D eigenvalue weighted by Crippen LogP contribution is -2.57. The van der Waals surface area contributed by atoms with Gasteiger partial charge in [0, 0.05) is 62.1 Å². The molecule has 1 amide bonds. The molecule has 4 aromatic rings. The maximum Gasteiger partial charge on any atom is 0.257 e.